The zero-order valence-corrected chi connectivity index (χ0v) is 7.97. The standard InChI is InChI=1S/C8H12ClNO3/c9-8(12)13-10-7(11)6-4-2-1-3-5-6/h6H,1-5H2,(H,10,11). The average Bonchev–Trinajstić information content (AvgIpc) is 2.15. The summed E-state index contributed by atoms with van der Waals surface area (Å²) in [5.41, 5.74) is 1.02. The molecule has 0 aromatic rings. The molecule has 0 radical (unpaired) electrons. The lowest BCUT2D eigenvalue weighted by atomic mass is 9.89. The summed E-state index contributed by atoms with van der Waals surface area (Å²) in [7, 11) is 0. The Balaban J connectivity index is 2.25. The van der Waals surface area contributed by atoms with Crippen LogP contribution in [0.25, 0.3) is 0 Å². The van der Waals surface area contributed by atoms with Gasteiger partial charge in [-0.3, -0.25) is 4.79 Å². The highest BCUT2D eigenvalue weighted by Crippen LogP contribution is 2.23. The van der Waals surface area contributed by atoms with Crippen molar-refractivity contribution < 1.29 is 14.4 Å². The van der Waals surface area contributed by atoms with Crippen molar-refractivity contribution in [2.45, 2.75) is 32.1 Å². The molecule has 1 rings (SSSR count). The van der Waals surface area contributed by atoms with E-state index in [4.69, 9.17) is 11.6 Å². The van der Waals surface area contributed by atoms with Gasteiger partial charge in [0.05, 0.1) is 0 Å². The monoisotopic (exact) mass is 205 g/mol. The fraction of sp³-hybridized carbons (Fsp3) is 0.750. The van der Waals surface area contributed by atoms with Crippen molar-refractivity contribution in [3.63, 3.8) is 0 Å². The van der Waals surface area contributed by atoms with E-state index in [1.807, 2.05) is 5.48 Å². The molecule has 0 aliphatic heterocycles. The summed E-state index contributed by atoms with van der Waals surface area (Å²) in [4.78, 5) is 25.6. The van der Waals surface area contributed by atoms with Crippen LogP contribution in [0.5, 0.6) is 0 Å². The zero-order valence-electron chi connectivity index (χ0n) is 7.22. The minimum atomic E-state index is -1.01. The first-order valence-corrected chi connectivity index (χ1v) is 4.74. The number of hydroxylamine groups is 1. The van der Waals surface area contributed by atoms with Gasteiger partial charge in [0.15, 0.2) is 0 Å². The van der Waals surface area contributed by atoms with Gasteiger partial charge in [-0.15, -0.1) is 0 Å². The van der Waals surface area contributed by atoms with Gasteiger partial charge in [0.2, 0.25) is 0 Å². The van der Waals surface area contributed by atoms with E-state index in [-0.39, 0.29) is 11.8 Å². The molecule has 0 unspecified atom stereocenters. The predicted molar refractivity (Wildman–Crippen MR) is 47.1 cm³/mol. The number of hydrogen-bond acceptors (Lipinski definition) is 3. The number of halogens is 1. The largest absolute Gasteiger partial charge is 0.427 e. The maximum Gasteiger partial charge on any atom is 0.427 e. The Bertz CT molecular complexity index is 202. The minimum Gasteiger partial charge on any atom is -0.326 e. The van der Waals surface area contributed by atoms with Gasteiger partial charge in [0, 0.05) is 17.5 Å². The van der Waals surface area contributed by atoms with E-state index in [0.717, 1.165) is 25.7 Å². The van der Waals surface area contributed by atoms with Crippen LogP contribution in [0.1, 0.15) is 32.1 Å². The molecular formula is C8H12ClNO3. The Morgan fingerprint density at radius 2 is 1.85 bits per heavy atom. The van der Waals surface area contributed by atoms with Gasteiger partial charge < -0.3 is 4.84 Å². The highest BCUT2D eigenvalue weighted by Gasteiger charge is 2.21. The van der Waals surface area contributed by atoms with Gasteiger partial charge in [-0.25, -0.2) is 4.79 Å². The molecule has 0 spiro atoms. The fourth-order valence-electron chi connectivity index (χ4n) is 1.54. The normalized spacial score (nSPS) is 17.9. The van der Waals surface area contributed by atoms with E-state index in [2.05, 4.69) is 4.84 Å². The maximum atomic E-state index is 11.3. The van der Waals surface area contributed by atoms with Crippen LogP contribution >= 0.6 is 11.6 Å². The van der Waals surface area contributed by atoms with Crippen LogP contribution < -0.4 is 5.48 Å². The Labute approximate surface area is 81.5 Å². The van der Waals surface area contributed by atoms with Crippen LogP contribution in [-0.2, 0) is 9.63 Å². The van der Waals surface area contributed by atoms with Gasteiger partial charge in [-0.05, 0) is 12.8 Å². The molecule has 1 aliphatic carbocycles. The van der Waals surface area contributed by atoms with Crippen LogP contribution in [0.3, 0.4) is 0 Å². The van der Waals surface area contributed by atoms with Crippen molar-refractivity contribution in [2.75, 3.05) is 0 Å². The smallest absolute Gasteiger partial charge is 0.326 e. The lowest BCUT2D eigenvalue weighted by molar-refractivity contribution is -0.134. The molecule has 0 aromatic heterocycles. The van der Waals surface area contributed by atoms with Gasteiger partial charge in [0.1, 0.15) is 0 Å². The lowest BCUT2D eigenvalue weighted by Gasteiger charge is -2.19. The molecule has 4 nitrogen and oxygen atoms in total. The Morgan fingerprint density at radius 3 is 2.38 bits per heavy atom. The third-order valence-electron chi connectivity index (χ3n) is 2.21. The molecule has 0 saturated heterocycles. The van der Waals surface area contributed by atoms with Crippen molar-refractivity contribution in [3.05, 3.63) is 0 Å². The first kappa shape index (κ1) is 10.3. The fourth-order valence-corrected chi connectivity index (χ4v) is 1.58. The van der Waals surface area contributed by atoms with Crippen molar-refractivity contribution in [1.82, 2.24) is 5.48 Å². The molecule has 0 heterocycles. The molecule has 74 valence electrons. The first-order chi connectivity index (χ1) is 6.20. The van der Waals surface area contributed by atoms with Gasteiger partial charge in [-0.2, -0.15) is 5.48 Å². The number of amides is 1. The van der Waals surface area contributed by atoms with E-state index in [1.54, 1.807) is 0 Å². The summed E-state index contributed by atoms with van der Waals surface area (Å²) < 4.78 is 0. The summed E-state index contributed by atoms with van der Waals surface area (Å²) in [6.45, 7) is 0. The number of carbonyl (C=O) groups excluding carboxylic acids is 2. The summed E-state index contributed by atoms with van der Waals surface area (Å²) in [5, 5.41) is 0. The molecule has 0 bridgehead atoms. The average molecular weight is 206 g/mol. The number of nitrogens with one attached hydrogen (secondary N) is 1. The van der Waals surface area contributed by atoms with Gasteiger partial charge in [-0.1, -0.05) is 19.3 Å². The van der Waals surface area contributed by atoms with Crippen molar-refractivity contribution in [1.29, 1.82) is 0 Å². The Hall–Kier alpha value is -0.770. The molecule has 1 aliphatic rings. The third-order valence-corrected chi connectivity index (χ3v) is 2.28. The third kappa shape index (κ3) is 3.63. The van der Waals surface area contributed by atoms with Crippen molar-refractivity contribution in [3.8, 4) is 0 Å². The molecule has 1 N–H and O–H groups in total. The van der Waals surface area contributed by atoms with Crippen molar-refractivity contribution >= 4 is 22.9 Å². The molecule has 0 aromatic carbocycles. The highest BCUT2D eigenvalue weighted by molar-refractivity contribution is 6.61. The number of carbonyl (C=O) groups is 2. The van der Waals surface area contributed by atoms with Crippen LogP contribution in [0.4, 0.5) is 4.79 Å². The number of hydrogen-bond donors (Lipinski definition) is 1. The van der Waals surface area contributed by atoms with Crippen molar-refractivity contribution in [2.24, 2.45) is 5.92 Å². The van der Waals surface area contributed by atoms with Crippen LogP contribution in [-0.4, -0.2) is 11.3 Å². The molecule has 1 saturated carbocycles. The summed E-state index contributed by atoms with van der Waals surface area (Å²) in [6.07, 6.45) is 5.04. The Kier molecular flexibility index (Phi) is 4.02. The second-order valence-corrected chi connectivity index (χ2v) is 3.45. The van der Waals surface area contributed by atoms with Gasteiger partial charge >= 0.3 is 5.43 Å². The second-order valence-electron chi connectivity index (χ2n) is 3.14. The zero-order chi connectivity index (χ0) is 9.68. The van der Waals surface area contributed by atoms with E-state index in [1.165, 1.54) is 6.42 Å². The summed E-state index contributed by atoms with van der Waals surface area (Å²) in [5.74, 6) is -0.265. The number of rotatable bonds is 1. The second kappa shape index (κ2) is 5.07. The van der Waals surface area contributed by atoms with E-state index < -0.39 is 5.43 Å². The summed E-state index contributed by atoms with van der Waals surface area (Å²) >= 11 is 4.88. The van der Waals surface area contributed by atoms with Crippen LogP contribution in [0, 0.1) is 5.92 Å². The topological polar surface area (TPSA) is 55.4 Å². The van der Waals surface area contributed by atoms with E-state index >= 15 is 0 Å². The van der Waals surface area contributed by atoms with E-state index in [9.17, 15) is 9.59 Å². The molecule has 1 fully saturated rings. The molecule has 5 heteroatoms. The Morgan fingerprint density at radius 1 is 1.23 bits per heavy atom. The maximum absolute atomic E-state index is 11.3. The molecule has 0 atom stereocenters. The SMILES string of the molecule is O=C(Cl)ONC(=O)C1CCCCC1. The molecular weight excluding hydrogens is 194 g/mol. The highest BCUT2D eigenvalue weighted by atomic mass is 35.5. The van der Waals surface area contributed by atoms with Crippen LogP contribution in [0.15, 0.2) is 0 Å². The molecule has 1 amide bonds. The predicted octanol–water partition coefficient (Wildman–Crippen LogP) is 1.97. The quantitative estimate of drug-likeness (QED) is 0.526. The lowest BCUT2D eigenvalue weighted by Crippen LogP contribution is -2.32. The molecule has 13 heavy (non-hydrogen) atoms. The first-order valence-electron chi connectivity index (χ1n) is 4.36. The van der Waals surface area contributed by atoms with E-state index in [0.29, 0.717) is 0 Å². The van der Waals surface area contributed by atoms with Gasteiger partial charge in [0.25, 0.3) is 5.91 Å². The van der Waals surface area contributed by atoms with Crippen LogP contribution in [0.2, 0.25) is 0 Å². The minimum absolute atomic E-state index is 0.0234. The summed E-state index contributed by atoms with van der Waals surface area (Å²) in [6, 6.07) is 0.